The van der Waals surface area contributed by atoms with E-state index in [1.54, 1.807) is 0 Å². The van der Waals surface area contributed by atoms with Gasteiger partial charge in [-0.15, -0.1) is 0 Å². The molecule has 1 aliphatic rings. The van der Waals surface area contributed by atoms with E-state index in [1.807, 2.05) is 25.1 Å². The van der Waals surface area contributed by atoms with Gasteiger partial charge in [0.1, 0.15) is 0 Å². The molecule has 1 unspecified atom stereocenters. The largest absolute Gasteiger partial charge is 0.369 e. The van der Waals surface area contributed by atoms with Crippen LogP contribution in [-0.4, -0.2) is 37.5 Å². The minimum atomic E-state index is -0.237. The minimum absolute atomic E-state index is 0.0608. The number of primary amides is 1. The summed E-state index contributed by atoms with van der Waals surface area (Å²) in [5.41, 5.74) is 6.67. The van der Waals surface area contributed by atoms with Gasteiger partial charge in [-0.25, -0.2) is 0 Å². The zero-order valence-electron chi connectivity index (χ0n) is 13.9. The fourth-order valence-corrected chi connectivity index (χ4v) is 3.21. The number of likely N-dealkylation sites (tertiary alicyclic amines) is 1. The van der Waals surface area contributed by atoms with Gasteiger partial charge >= 0.3 is 0 Å². The van der Waals surface area contributed by atoms with Crippen LogP contribution in [0.15, 0.2) is 30.3 Å². The number of carbonyl (C=O) groups is 2. The molecule has 0 spiro atoms. The number of quaternary nitrogens is 1. The molecule has 0 bridgehead atoms. The van der Waals surface area contributed by atoms with Crippen molar-refractivity contribution in [2.45, 2.75) is 38.6 Å². The van der Waals surface area contributed by atoms with Crippen molar-refractivity contribution in [1.82, 2.24) is 5.32 Å². The Balaban J connectivity index is 1.70. The molecule has 126 valence electrons. The lowest BCUT2D eigenvalue weighted by atomic mass is 9.97. The summed E-state index contributed by atoms with van der Waals surface area (Å²) in [6.45, 7) is 4.09. The molecule has 5 heteroatoms. The second kappa shape index (κ2) is 8.67. The maximum Gasteiger partial charge on any atom is 0.275 e. The highest BCUT2D eigenvalue weighted by Gasteiger charge is 2.28. The number of nitrogens with one attached hydrogen (secondary N) is 2. The quantitative estimate of drug-likeness (QED) is 0.657. The molecule has 0 aliphatic carbocycles. The van der Waals surface area contributed by atoms with Crippen LogP contribution in [0.25, 0.3) is 0 Å². The molecule has 0 aromatic heterocycles. The first-order valence-electron chi connectivity index (χ1n) is 8.50. The van der Waals surface area contributed by atoms with E-state index in [4.69, 9.17) is 5.73 Å². The minimum Gasteiger partial charge on any atom is -0.369 e. The zero-order chi connectivity index (χ0) is 16.7. The Morgan fingerprint density at radius 1 is 1.35 bits per heavy atom. The van der Waals surface area contributed by atoms with Crippen LogP contribution in [0.2, 0.25) is 0 Å². The number of hydrogen-bond donors (Lipinski definition) is 3. The average molecular weight is 318 g/mol. The Morgan fingerprint density at radius 2 is 2.09 bits per heavy atom. The number of nitrogens with two attached hydrogens (primary N) is 1. The molecule has 1 aromatic carbocycles. The zero-order valence-corrected chi connectivity index (χ0v) is 13.9. The highest BCUT2D eigenvalue weighted by molar-refractivity contribution is 5.78. The van der Waals surface area contributed by atoms with E-state index in [1.165, 1.54) is 5.56 Å². The average Bonchev–Trinajstić information content (AvgIpc) is 2.54. The Labute approximate surface area is 138 Å². The summed E-state index contributed by atoms with van der Waals surface area (Å²) in [4.78, 5) is 24.6. The fourth-order valence-electron chi connectivity index (χ4n) is 3.21. The van der Waals surface area contributed by atoms with E-state index in [0.717, 1.165) is 37.1 Å². The van der Waals surface area contributed by atoms with E-state index < -0.39 is 0 Å². The summed E-state index contributed by atoms with van der Waals surface area (Å²) < 4.78 is 0. The third-order valence-electron chi connectivity index (χ3n) is 4.55. The summed E-state index contributed by atoms with van der Waals surface area (Å²) in [6, 6.07) is 10.4. The third kappa shape index (κ3) is 6.02. The van der Waals surface area contributed by atoms with Crippen LogP contribution < -0.4 is 16.0 Å². The van der Waals surface area contributed by atoms with Crippen LogP contribution in [0.1, 0.15) is 31.7 Å². The molecule has 1 saturated heterocycles. The van der Waals surface area contributed by atoms with E-state index in [9.17, 15) is 9.59 Å². The number of benzene rings is 1. The fraction of sp³-hybridized carbons (Fsp3) is 0.556. The topological polar surface area (TPSA) is 76.6 Å². The van der Waals surface area contributed by atoms with Gasteiger partial charge in [0.25, 0.3) is 5.91 Å². The van der Waals surface area contributed by atoms with Crippen molar-refractivity contribution < 1.29 is 14.5 Å². The van der Waals surface area contributed by atoms with Crippen LogP contribution >= 0.6 is 0 Å². The predicted octanol–water partition coefficient (Wildman–Crippen LogP) is -0.0959. The summed E-state index contributed by atoms with van der Waals surface area (Å²) in [5.74, 6) is -0.258. The first-order chi connectivity index (χ1) is 11.0. The molecule has 0 saturated carbocycles. The van der Waals surface area contributed by atoms with E-state index in [0.29, 0.717) is 13.1 Å². The molecule has 4 N–H and O–H groups in total. The van der Waals surface area contributed by atoms with Gasteiger partial charge in [0.2, 0.25) is 5.91 Å². The Kier molecular flexibility index (Phi) is 6.59. The maximum absolute atomic E-state index is 12.2. The summed E-state index contributed by atoms with van der Waals surface area (Å²) in [6.07, 6.45) is 3.70. The molecular weight excluding hydrogens is 290 g/mol. The van der Waals surface area contributed by atoms with Gasteiger partial charge in [-0.05, 0) is 38.2 Å². The van der Waals surface area contributed by atoms with Gasteiger partial charge in [-0.2, -0.15) is 0 Å². The number of hydrogen-bond acceptors (Lipinski definition) is 2. The molecule has 5 nitrogen and oxygen atoms in total. The van der Waals surface area contributed by atoms with Gasteiger partial charge < -0.3 is 16.0 Å². The Morgan fingerprint density at radius 3 is 2.78 bits per heavy atom. The smallest absolute Gasteiger partial charge is 0.275 e. The molecule has 1 fully saturated rings. The lowest BCUT2D eigenvalue weighted by Gasteiger charge is -2.28. The molecule has 2 amide bonds. The van der Waals surface area contributed by atoms with Crippen LogP contribution in [0.3, 0.4) is 0 Å². The summed E-state index contributed by atoms with van der Waals surface area (Å²) in [7, 11) is 0. The number of carbonyl (C=O) groups excluding carboxylic acids is 2. The van der Waals surface area contributed by atoms with Gasteiger partial charge in [-0.1, -0.05) is 30.3 Å². The normalized spacial score (nSPS) is 22.3. The van der Waals surface area contributed by atoms with E-state index in [2.05, 4.69) is 17.4 Å². The predicted molar refractivity (Wildman–Crippen MR) is 89.8 cm³/mol. The van der Waals surface area contributed by atoms with Crippen LogP contribution in [0.5, 0.6) is 0 Å². The summed E-state index contributed by atoms with van der Waals surface area (Å²) in [5, 5.41) is 3.07. The van der Waals surface area contributed by atoms with Gasteiger partial charge in [0, 0.05) is 6.04 Å². The van der Waals surface area contributed by atoms with Crippen molar-refractivity contribution in [3.63, 3.8) is 0 Å². The number of rotatable bonds is 7. The number of amides is 2. The standard InChI is InChI=1S/C18H27N3O2/c1-14(9-10-15-6-3-2-4-7-15)20-17(22)13-21-11-5-8-16(12-21)18(19)23/h2-4,6-7,14,16H,5,8-13H2,1H3,(H2,19,23)(H,20,22)/p+1/t14-,16+/m1/s1. The Hall–Kier alpha value is -1.88. The second-order valence-corrected chi connectivity index (χ2v) is 6.62. The van der Waals surface area contributed by atoms with Crippen LogP contribution in [-0.2, 0) is 16.0 Å². The van der Waals surface area contributed by atoms with Gasteiger partial charge in [0.05, 0.1) is 19.0 Å². The lowest BCUT2D eigenvalue weighted by Crippen LogP contribution is -3.15. The monoisotopic (exact) mass is 318 g/mol. The van der Waals surface area contributed by atoms with E-state index in [-0.39, 0.29) is 23.8 Å². The second-order valence-electron chi connectivity index (χ2n) is 6.62. The molecule has 1 heterocycles. The highest BCUT2D eigenvalue weighted by atomic mass is 16.2. The number of aryl methyl sites for hydroxylation is 1. The lowest BCUT2D eigenvalue weighted by molar-refractivity contribution is -0.899. The molecule has 23 heavy (non-hydrogen) atoms. The van der Waals surface area contributed by atoms with Gasteiger partial charge in [-0.3, -0.25) is 9.59 Å². The molecular formula is C18H28N3O2+. The SMILES string of the molecule is C[C@H](CCc1ccccc1)NC(=O)C[NH+]1CCC[C@H](C(N)=O)C1. The van der Waals surface area contributed by atoms with Crippen LogP contribution in [0.4, 0.5) is 0 Å². The van der Waals surface area contributed by atoms with Crippen molar-refractivity contribution in [2.24, 2.45) is 11.7 Å². The van der Waals surface area contributed by atoms with Crippen molar-refractivity contribution in [3.8, 4) is 0 Å². The Bertz CT molecular complexity index is 518. The summed E-state index contributed by atoms with van der Waals surface area (Å²) >= 11 is 0. The van der Waals surface area contributed by atoms with Crippen LogP contribution in [0, 0.1) is 5.92 Å². The first-order valence-corrected chi connectivity index (χ1v) is 8.50. The highest BCUT2D eigenvalue weighted by Crippen LogP contribution is 2.06. The first kappa shape index (κ1) is 17.5. The molecule has 0 radical (unpaired) electrons. The van der Waals surface area contributed by atoms with E-state index >= 15 is 0 Å². The van der Waals surface area contributed by atoms with Crippen molar-refractivity contribution in [2.75, 3.05) is 19.6 Å². The van der Waals surface area contributed by atoms with Crippen molar-refractivity contribution in [1.29, 1.82) is 0 Å². The molecule has 2 rings (SSSR count). The molecule has 1 aromatic rings. The third-order valence-corrected chi connectivity index (χ3v) is 4.55. The molecule has 3 atom stereocenters. The van der Waals surface area contributed by atoms with Gasteiger partial charge in [0.15, 0.2) is 6.54 Å². The van der Waals surface area contributed by atoms with Crippen molar-refractivity contribution >= 4 is 11.8 Å². The maximum atomic E-state index is 12.2. The molecule has 1 aliphatic heterocycles. The number of piperidine rings is 1. The van der Waals surface area contributed by atoms with Crippen molar-refractivity contribution in [3.05, 3.63) is 35.9 Å².